The minimum absolute atomic E-state index is 0.0995. The molecule has 0 radical (unpaired) electrons. The van der Waals surface area contributed by atoms with Gasteiger partial charge >= 0.3 is 0 Å². The molecule has 8 heteroatoms. The predicted octanol–water partition coefficient (Wildman–Crippen LogP) is 6.91. The highest BCUT2D eigenvalue weighted by molar-refractivity contribution is 7.99. The standard InChI is InChI=1S/C34H36N4O3S/c1-21(2)17-26(35)33(39)38(32(36)25-13-14-31-28(19-25)37-27-9-5-6-10-30(27)42-31)29-15-16-40-34(29)41-20-22-11-12-23-7-3-4-8-24(23)18-22/h3-14,18-19,21,26,29,34,36-37H,15-17,20,35H2,1-2H3/t26-,29-,34?/m0/s1. The molecule has 0 aromatic heterocycles. The number of ether oxygens (including phenoxy) is 2. The molecule has 7 nitrogen and oxygen atoms in total. The zero-order valence-electron chi connectivity index (χ0n) is 23.9. The quantitative estimate of drug-likeness (QED) is 0.136. The van der Waals surface area contributed by atoms with Crippen LogP contribution >= 0.6 is 11.8 Å². The molecule has 1 fully saturated rings. The first-order chi connectivity index (χ1) is 20.4. The topological polar surface area (TPSA) is 101 Å². The fourth-order valence-electron chi connectivity index (χ4n) is 5.62. The van der Waals surface area contributed by atoms with Gasteiger partial charge in [-0.05, 0) is 71.5 Å². The Balaban J connectivity index is 1.26. The Morgan fingerprint density at radius 2 is 1.79 bits per heavy atom. The van der Waals surface area contributed by atoms with Gasteiger partial charge in [0.05, 0.1) is 36.7 Å². The molecule has 0 bridgehead atoms. The normalized spacial score (nSPS) is 18.3. The Labute approximate surface area is 250 Å². The molecule has 6 rings (SSSR count). The number of fused-ring (bicyclic) bond motifs is 3. The van der Waals surface area contributed by atoms with Gasteiger partial charge in [0.25, 0.3) is 0 Å². The van der Waals surface area contributed by atoms with Crippen molar-refractivity contribution in [3.63, 3.8) is 0 Å². The Bertz CT molecular complexity index is 1620. The molecule has 1 saturated heterocycles. The number of anilines is 2. The second kappa shape index (κ2) is 12.3. The molecule has 2 heterocycles. The van der Waals surface area contributed by atoms with Gasteiger partial charge in [-0.1, -0.05) is 74.1 Å². The molecular weight excluding hydrogens is 544 g/mol. The SMILES string of the molecule is CC(C)C[C@H](N)C(=O)N(C(=N)c1ccc2c(c1)Nc1ccccc1S2)[C@H]1CCOC1OCc1ccc2ccccc2c1. The van der Waals surface area contributed by atoms with Crippen LogP contribution in [0.5, 0.6) is 0 Å². The van der Waals surface area contributed by atoms with Crippen LogP contribution < -0.4 is 11.1 Å². The van der Waals surface area contributed by atoms with Crippen LogP contribution in [0.4, 0.5) is 11.4 Å². The number of hydrogen-bond acceptors (Lipinski definition) is 7. The van der Waals surface area contributed by atoms with E-state index in [1.54, 1.807) is 11.8 Å². The summed E-state index contributed by atoms with van der Waals surface area (Å²) >= 11 is 1.69. The first kappa shape index (κ1) is 28.4. The van der Waals surface area contributed by atoms with E-state index in [0.717, 1.165) is 32.1 Å². The highest BCUT2D eigenvalue weighted by Crippen LogP contribution is 2.44. The largest absolute Gasteiger partial charge is 0.354 e. The molecule has 3 atom stereocenters. The van der Waals surface area contributed by atoms with Crippen molar-refractivity contribution in [3.8, 4) is 0 Å². The van der Waals surface area contributed by atoms with Gasteiger partial charge in [-0.25, -0.2) is 0 Å². The van der Waals surface area contributed by atoms with E-state index in [2.05, 4.69) is 35.6 Å². The minimum Gasteiger partial charge on any atom is -0.354 e. The lowest BCUT2D eigenvalue weighted by Crippen LogP contribution is -2.54. The number of amidine groups is 1. The zero-order valence-corrected chi connectivity index (χ0v) is 24.7. The fraction of sp³-hybridized carbons (Fsp3) is 0.294. The number of carbonyl (C=O) groups is 1. The van der Waals surface area contributed by atoms with Crippen molar-refractivity contribution in [2.75, 3.05) is 11.9 Å². The fourth-order valence-corrected chi connectivity index (χ4v) is 6.59. The third-order valence-corrected chi connectivity index (χ3v) is 8.87. The Kier molecular flexibility index (Phi) is 8.31. The Morgan fingerprint density at radius 3 is 2.62 bits per heavy atom. The number of nitrogens with one attached hydrogen (secondary N) is 2. The van der Waals surface area contributed by atoms with Crippen LogP contribution in [-0.2, 0) is 20.9 Å². The molecule has 2 aliphatic rings. The van der Waals surface area contributed by atoms with Crippen LogP contribution in [0.15, 0.2) is 94.7 Å². The molecule has 4 aromatic carbocycles. The van der Waals surface area contributed by atoms with Crippen molar-refractivity contribution in [3.05, 3.63) is 96.1 Å². The molecule has 216 valence electrons. The molecule has 0 aliphatic carbocycles. The maximum absolute atomic E-state index is 13.9. The number of rotatable bonds is 8. The molecule has 2 aliphatic heterocycles. The van der Waals surface area contributed by atoms with Crippen molar-refractivity contribution in [1.29, 1.82) is 5.41 Å². The van der Waals surface area contributed by atoms with Gasteiger partial charge in [0, 0.05) is 15.4 Å². The van der Waals surface area contributed by atoms with Gasteiger partial charge < -0.3 is 20.5 Å². The minimum atomic E-state index is -0.731. The third-order valence-electron chi connectivity index (χ3n) is 7.72. The maximum atomic E-state index is 13.9. The molecule has 0 spiro atoms. The first-order valence-corrected chi connectivity index (χ1v) is 15.3. The van der Waals surface area contributed by atoms with E-state index in [-0.39, 0.29) is 17.7 Å². The van der Waals surface area contributed by atoms with Crippen LogP contribution in [0, 0.1) is 11.3 Å². The van der Waals surface area contributed by atoms with Gasteiger partial charge in [0.2, 0.25) is 5.91 Å². The van der Waals surface area contributed by atoms with E-state index in [4.69, 9.17) is 15.2 Å². The predicted molar refractivity (Wildman–Crippen MR) is 168 cm³/mol. The Hall–Kier alpha value is -3.69. The summed E-state index contributed by atoms with van der Waals surface area (Å²) in [4.78, 5) is 17.7. The summed E-state index contributed by atoms with van der Waals surface area (Å²) in [5.41, 5.74) is 10.0. The highest BCUT2D eigenvalue weighted by Gasteiger charge is 2.41. The summed E-state index contributed by atoms with van der Waals surface area (Å²) in [7, 11) is 0. The smallest absolute Gasteiger partial charge is 0.245 e. The zero-order chi connectivity index (χ0) is 29.2. The van der Waals surface area contributed by atoms with Crippen molar-refractivity contribution >= 4 is 45.7 Å². The number of hydrogen-bond donors (Lipinski definition) is 3. The molecule has 1 unspecified atom stereocenters. The van der Waals surface area contributed by atoms with Crippen LogP contribution in [0.1, 0.15) is 37.8 Å². The van der Waals surface area contributed by atoms with Crippen molar-refractivity contribution in [2.45, 2.75) is 61.5 Å². The summed E-state index contributed by atoms with van der Waals surface area (Å²) < 4.78 is 12.3. The molecular formula is C34H36N4O3S. The van der Waals surface area contributed by atoms with Gasteiger partial charge in [-0.3, -0.25) is 15.1 Å². The van der Waals surface area contributed by atoms with Gasteiger partial charge in [-0.15, -0.1) is 0 Å². The van der Waals surface area contributed by atoms with E-state index < -0.39 is 18.4 Å². The lowest BCUT2D eigenvalue weighted by molar-refractivity contribution is -0.152. The summed E-state index contributed by atoms with van der Waals surface area (Å²) in [5.74, 6) is 0.0566. The van der Waals surface area contributed by atoms with Crippen LogP contribution in [0.25, 0.3) is 10.8 Å². The summed E-state index contributed by atoms with van der Waals surface area (Å²) in [6, 6.07) is 27.2. The average Bonchev–Trinajstić information content (AvgIpc) is 3.46. The van der Waals surface area contributed by atoms with Crippen molar-refractivity contribution in [1.82, 2.24) is 4.90 Å². The molecule has 1 amide bonds. The molecule has 42 heavy (non-hydrogen) atoms. The van der Waals surface area contributed by atoms with E-state index in [0.29, 0.717) is 31.6 Å². The average molecular weight is 581 g/mol. The van der Waals surface area contributed by atoms with Crippen LogP contribution in [-0.4, -0.2) is 41.6 Å². The lowest BCUT2D eigenvalue weighted by atomic mass is 10.0. The van der Waals surface area contributed by atoms with Crippen LogP contribution in [0.2, 0.25) is 0 Å². The summed E-state index contributed by atoms with van der Waals surface area (Å²) in [5, 5.41) is 15.1. The van der Waals surface area contributed by atoms with E-state index in [1.165, 1.54) is 10.3 Å². The second-order valence-corrected chi connectivity index (χ2v) is 12.4. The molecule has 0 saturated carbocycles. The van der Waals surface area contributed by atoms with Crippen molar-refractivity contribution < 1.29 is 14.3 Å². The lowest BCUT2D eigenvalue weighted by Gasteiger charge is -2.34. The van der Waals surface area contributed by atoms with Gasteiger partial charge in [-0.2, -0.15) is 0 Å². The number of carbonyl (C=O) groups excluding carboxylic acids is 1. The second-order valence-electron chi connectivity index (χ2n) is 11.3. The molecule has 4 aromatic rings. The monoisotopic (exact) mass is 580 g/mol. The first-order valence-electron chi connectivity index (χ1n) is 14.4. The number of amides is 1. The summed E-state index contributed by atoms with van der Waals surface area (Å²) in [6.07, 6.45) is 0.403. The van der Waals surface area contributed by atoms with E-state index in [9.17, 15) is 10.2 Å². The number of nitrogens with zero attached hydrogens (tertiary/aromatic N) is 1. The third kappa shape index (κ3) is 5.94. The Morgan fingerprint density at radius 1 is 1.02 bits per heavy atom. The van der Waals surface area contributed by atoms with Crippen molar-refractivity contribution in [2.24, 2.45) is 11.7 Å². The molecule has 4 N–H and O–H groups in total. The van der Waals surface area contributed by atoms with Gasteiger partial charge in [0.15, 0.2) is 6.29 Å². The number of para-hydroxylation sites is 1. The van der Waals surface area contributed by atoms with Crippen LogP contribution in [0.3, 0.4) is 0 Å². The summed E-state index contributed by atoms with van der Waals surface area (Å²) in [6.45, 7) is 4.85. The highest BCUT2D eigenvalue weighted by atomic mass is 32.2. The van der Waals surface area contributed by atoms with E-state index in [1.807, 2.05) is 68.4 Å². The van der Waals surface area contributed by atoms with E-state index >= 15 is 0 Å². The number of benzene rings is 4. The number of nitrogens with two attached hydrogens (primary N) is 1. The maximum Gasteiger partial charge on any atom is 0.245 e. The van der Waals surface area contributed by atoms with Gasteiger partial charge in [0.1, 0.15) is 5.84 Å².